The number of carbonyl (C=O) groups excluding carboxylic acids is 2. The maximum atomic E-state index is 13.6. The van der Waals surface area contributed by atoms with Gasteiger partial charge in [0.1, 0.15) is 11.9 Å². The predicted octanol–water partition coefficient (Wildman–Crippen LogP) is 5.40. The first kappa shape index (κ1) is 27.8. The predicted molar refractivity (Wildman–Crippen MR) is 127 cm³/mol. The number of pyridine rings is 2. The van der Waals surface area contributed by atoms with Crippen LogP contribution in [-0.4, -0.2) is 30.6 Å². The summed E-state index contributed by atoms with van der Waals surface area (Å²) in [4.78, 5) is 24.4. The second kappa shape index (κ2) is 12.0. The Bertz CT molecular complexity index is 1370. The molecule has 196 valence electrons. The summed E-state index contributed by atoms with van der Waals surface area (Å²) in [5.41, 5.74) is -0.467. The molecule has 1 aliphatic carbocycles. The summed E-state index contributed by atoms with van der Waals surface area (Å²) in [6, 6.07) is 12.7. The van der Waals surface area contributed by atoms with Crippen molar-refractivity contribution in [2.45, 2.75) is 56.3 Å². The Morgan fingerprint density at radius 2 is 1.62 bits per heavy atom. The van der Waals surface area contributed by atoms with Gasteiger partial charge in [0.15, 0.2) is 5.03 Å². The normalized spacial score (nSPS) is 14.2. The molecule has 0 unspecified atom stereocenters. The zero-order chi connectivity index (χ0) is 27.1. The molecule has 0 bridgehead atoms. The summed E-state index contributed by atoms with van der Waals surface area (Å²) in [5.74, 6) is -0.0533. The molecule has 2 aromatic heterocycles. The first-order valence-electron chi connectivity index (χ1n) is 11.3. The van der Waals surface area contributed by atoms with Crippen molar-refractivity contribution in [1.82, 2.24) is 9.97 Å². The van der Waals surface area contributed by atoms with E-state index in [-0.39, 0.29) is 40.2 Å². The molecule has 3 aromatic rings. The van der Waals surface area contributed by atoms with Crippen molar-refractivity contribution < 1.29 is 35.9 Å². The molecule has 0 saturated heterocycles. The quantitative estimate of drug-likeness (QED) is 0.449. The average Bonchev–Trinajstić information content (AvgIpc) is 2.85. The van der Waals surface area contributed by atoms with E-state index in [1.54, 1.807) is 31.2 Å². The minimum Gasteiger partial charge on any atom is -0.474 e. The van der Waals surface area contributed by atoms with Crippen LogP contribution in [0.4, 0.5) is 19.0 Å². The molecule has 4 rings (SSSR count). The number of sulfonamides is 1. The monoisotopic (exact) mass is 535 g/mol. The highest BCUT2D eigenvalue weighted by atomic mass is 32.2. The maximum absolute atomic E-state index is 13.6. The number of anilines is 1. The fourth-order valence-corrected chi connectivity index (χ4v) is 4.90. The summed E-state index contributed by atoms with van der Waals surface area (Å²) < 4.78 is 74.9. The van der Waals surface area contributed by atoms with E-state index < -0.39 is 21.8 Å². The lowest BCUT2D eigenvalue weighted by Crippen LogP contribution is -2.21. The van der Waals surface area contributed by atoms with Crippen molar-refractivity contribution in [2.24, 2.45) is 0 Å². The number of benzene rings is 1. The molecule has 37 heavy (non-hydrogen) atoms. The molecule has 0 atom stereocenters. The van der Waals surface area contributed by atoms with Crippen LogP contribution in [0.15, 0.2) is 59.6 Å². The number of hydrogen-bond donors (Lipinski definition) is 1. The van der Waals surface area contributed by atoms with E-state index in [1.807, 2.05) is 0 Å². The Morgan fingerprint density at radius 3 is 2.27 bits per heavy atom. The largest absolute Gasteiger partial charge is 0.474 e. The van der Waals surface area contributed by atoms with Gasteiger partial charge in [-0.15, -0.1) is 0 Å². The summed E-state index contributed by atoms with van der Waals surface area (Å²) in [5, 5.41) is -0.306. The Hall–Kier alpha value is -3.76. The second-order valence-corrected chi connectivity index (χ2v) is 9.92. The van der Waals surface area contributed by atoms with E-state index >= 15 is 0 Å². The van der Waals surface area contributed by atoms with E-state index in [1.165, 1.54) is 18.2 Å². The lowest BCUT2D eigenvalue weighted by molar-refractivity contribution is -0.191. The highest BCUT2D eigenvalue weighted by molar-refractivity contribution is 7.92. The lowest BCUT2D eigenvalue weighted by atomic mass is 9.98. The number of ether oxygens (including phenoxy) is 1. The SMILES string of the molecule is Cc1ccccc1-c1nc(NS(=O)(=O)c2cccc(OC3CCCCC3)n2)ccc1C(F)(F)F.O=C=O. The van der Waals surface area contributed by atoms with Crippen LogP contribution in [0.5, 0.6) is 5.88 Å². The molecule has 0 amide bonds. The molecule has 1 aromatic carbocycles. The van der Waals surface area contributed by atoms with Crippen LogP contribution in [-0.2, 0) is 25.8 Å². The van der Waals surface area contributed by atoms with Crippen LogP contribution in [0.3, 0.4) is 0 Å². The number of nitrogens with one attached hydrogen (secondary N) is 1. The third kappa shape index (κ3) is 7.37. The summed E-state index contributed by atoms with van der Waals surface area (Å²) in [7, 11) is -4.22. The van der Waals surface area contributed by atoms with Gasteiger partial charge in [-0.1, -0.05) is 36.8 Å². The van der Waals surface area contributed by atoms with Gasteiger partial charge in [-0.2, -0.15) is 36.2 Å². The van der Waals surface area contributed by atoms with Gasteiger partial charge in [-0.25, -0.2) is 4.98 Å². The van der Waals surface area contributed by atoms with Gasteiger partial charge in [0.25, 0.3) is 10.0 Å². The second-order valence-electron chi connectivity index (χ2n) is 8.29. The molecule has 0 radical (unpaired) electrons. The Balaban J connectivity index is 0.00000121. The first-order valence-corrected chi connectivity index (χ1v) is 12.8. The molecule has 2 heterocycles. The first-order chi connectivity index (χ1) is 17.5. The van der Waals surface area contributed by atoms with Crippen molar-refractivity contribution in [3.8, 4) is 17.1 Å². The molecule has 0 aliphatic heterocycles. The van der Waals surface area contributed by atoms with Gasteiger partial charge >= 0.3 is 12.3 Å². The van der Waals surface area contributed by atoms with Crippen molar-refractivity contribution in [3.05, 3.63) is 65.7 Å². The van der Waals surface area contributed by atoms with E-state index in [4.69, 9.17) is 14.3 Å². The molecule has 0 spiro atoms. The third-order valence-corrected chi connectivity index (χ3v) is 6.91. The van der Waals surface area contributed by atoms with E-state index in [0.29, 0.717) is 5.56 Å². The van der Waals surface area contributed by atoms with Crippen LogP contribution >= 0.6 is 0 Å². The Kier molecular flexibility index (Phi) is 9.01. The molecular weight excluding hydrogens is 511 g/mol. The van der Waals surface area contributed by atoms with Gasteiger partial charge in [0, 0.05) is 11.6 Å². The molecule has 1 N–H and O–H groups in total. The number of nitrogens with zero attached hydrogens (tertiary/aromatic N) is 2. The van der Waals surface area contributed by atoms with Crippen molar-refractivity contribution >= 4 is 22.0 Å². The molecular formula is C25H24F3N3O5S. The van der Waals surface area contributed by atoms with Crippen LogP contribution < -0.4 is 9.46 Å². The molecule has 1 fully saturated rings. The zero-order valence-electron chi connectivity index (χ0n) is 19.8. The van der Waals surface area contributed by atoms with Crippen molar-refractivity contribution in [2.75, 3.05) is 4.72 Å². The summed E-state index contributed by atoms with van der Waals surface area (Å²) in [6.45, 7) is 1.66. The highest BCUT2D eigenvalue weighted by Crippen LogP contribution is 2.38. The number of aromatic nitrogens is 2. The van der Waals surface area contributed by atoms with Crippen molar-refractivity contribution in [1.29, 1.82) is 0 Å². The zero-order valence-corrected chi connectivity index (χ0v) is 20.6. The van der Waals surface area contributed by atoms with Gasteiger partial charge in [0.05, 0.1) is 11.3 Å². The Labute approximate surface area is 212 Å². The fraction of sp³-hybridized carbons (Fsp3) is 0.320. The van der Waals surface area contributed by atoms with E-state index in [0.717, 1.165) is 44.2 Å². The number of hydrogen-bond acceptors (Lipinski definition) is 7. The number of halogens is 3. The van der Waals surface area contributed by atoms with Gasteiger partial charge in [-0.05, 0) is 56.4 Å². The smallest absolute Gasteiger partial charge is 0.418 e. The molecule has 1 aliphatic rings. The summed E-state index contributed by atoms with van der Waals surface area (Å²) >= 11 is 0. The minimum atomic E-state index is -4.66. The molecule has 12 heteroatoms. The van der Waals surface area contributed by atoms with Crippen LogP contribution in [0.1, 0.15) is 43.2 Å². The van der Waals surface area contributed by atoms with E-state index in [9.17, 15) is 21.6 Å². The molecule has 1 saturated carbocycles. The van der Waals surface area contributed by atoms with Crippen LogP contribution in [0.25, 0.3) is 11.3 Å². The van der Waals surface area contributed by atoms with Crippen LogP contribution in [0.2, 0.25) is 0 Å². The van der Waals surface area contributed by atoms with Crippen molar-refractivity contribution in [3.63, 3.8) is 0 Å². The third-order valence-electron chi connectivity index (χ3n) is 5.65. The van der Waals surface area contributed by atoms with Gasteiger partial charge in [0.2, 0.25) is 5.88 Å². The fourth-order valence-electron chi connectivity index (χ4n) is 3.94. The standard InChI is InChI=1S/C24H24F3N3O3S.CO2/c1-16-8-5-6-11-18(16)23-19(24(25,26)27)14-15-20(28-23)30-34(31,32)22-13-7-12-21(29-22)33-17-9-3-2-4-10-17;2-1-3/h5-8,11-15,17H,2-4,9-10H2,1H3,(H,28,30);. The lowest BCUT2D eigenvalue weighted by Gasteiger charge is -2.22. The maximum Gasteiger partial charge on any atom is 0.418 e. The summed E-state index contributed by atoms with van der Waals surface area (Å²) in [6.07, 6.45) is 0.590. The van der Waals surface area contributed by atoms with E-state index in [2.05, 4.69) is 14.7 Å². The number of alkyl halides is 3. The highest BCUT2D eigenvalue weighted by Gasteiger charge is 2.35. The molecule has 8 nitrogen and oxygen atoms in total. The van der Waals surface area contributed by atoms with Gasteiger partial charge < -0.3 is 4.74 Å². The minimum absolute atomic E-state index is 0.0135. The number of aryl methyl sites for hydroxylation is 1. The Morgan fingerprint density at radius 1 is 0.946 bits per heavy atom. The number of rotatable bonds is 6. The van der Waals surface area contributed by atoms with Crippen LogP contribution in [0, 0.1) is 6.92 Å². The van der Waals surface area contributed by atoms with Gasteiger partial charge in [-0.3, -0.25) is 4.72 Å². The topological polar surface area (TPSA) is 115 Å². The average molecular weight is 536 g/mol.